The minimum absolute atomic E-state index is 0.0566. The highest BCUT2D eigenvalue weighted by molar-refractivity contribution is 7.16. The molecule has 0 fully saturated rings. The Morgan fingerprint density at radius 1 is 1.24 bits per heavy atom. The number of amides is 1. The standard InChI is InChI=1S/C18H14ClFN2O2S/c1-10-16(11-6-8-12(24-2)9-7-11)21-18(25-10)22-17(23)15-13(19)4-3-5-14(15)20/h3-9H,1-2H3,(H,21,22,23). The molecule has 1 amide bonds. The summed E-state index contributed by atoms with van der Waals surface area (Å²) in [6.07, 6.45) is 0. The Balaban J connectivity index is 1.86. The van der Waals surface area contributed by atoms with Crippen LogP contribution >= 0.6 is 22.9 Å². The molecule has 2 aromatic carbocycles. The highest BCUT2D eigenvalue weighted by Crippen LogP contribution is 2.32. The van der Waals surface area contributed by atoms with Gasteiger partial charge in [0.25, 0.3) is 5.91 Å². The molecule has 3 rings (SSSR count). The van der Waals surface area contributed by atoms with E-state index >= 15 is 0 Å². The van der Waals surface area contributed by atoms with Gasteiger partial charge in [-0.15, -0.1) is 11.3 Å². The number of halogens is 2. The number of aromatic nitrogens is 1. The number of nitrogens with one attached hydrogen (secondary N) is 1. The number of methoxy groups -OCH3 is 1. The number of thiazole rings is 1. The molecular formula is C18H14ClFN2O2S. The van der Waals surface area contributed by atoms with Crippen LogP contribution in [0.3, 0.4) is 0 Å². The van der Waals surface area contributed by atoms with E-state index in [9.17, 15) is 9.18 Å². The number of hydrogen-bond donors (Lipinski definition) is 1. The van der Waals surface area contributed by atoms with Crippen LogP contribution in [0.15, 0.2) is 42.5 Å². The zero-order valence-corrected chi connectivity index (χ0v) is 15.0. The number of carbonyl (C=O) groups is 1. The highest BCUT2D eigenvalue weighted by atomic mass is 35.5. The summed E-state index contributed by atoms with van der Waals surface area (Å²) in [5, 5.41) is 3.05. The minimum Gasteiger partial charge on any atom is -0.497 e. The van der Waals surface area contributed by atoms with E-state index in [1.54, 1.807) is 7.11 Å². The summed E-state index contributed by atoms with van der Waals surface area (Å²) in [5.74, 6) is -0.550. The quantitative estimate of drug-likeness (QED) is 0.683. The number of rotatable bonds is 4. The molecule has 3 aromatic rings. The summed E-state index contributed by atoms with van der Waals surface area (Å²) in [6, 6.07) is 11.6. The third-order valence-corrected chi connectivity index (χ3v) is 4.77. The fraction of sp³-hybridized carbons (Fsp3) is 0.111. The molecule has 1 heterocycles. The molecule has 25 heavy (non-hydrogen) atoms. The average Bonchev–Trinajstić information content (AvgIpc) is 2.95. The zero-order chi connectivity index (χ0) is 18.0. The largest absolute Gasteiger partial charge is 0.497 e. The molecular weight excluding hydrogens is 363 g/mol. The van der Waals surface area contributed by atoms with Gasteiger partial charge in [0.15, 0.2) is 5.13 Å². The van der Waals surface area contributed by atoms with Crippen molar-refractivity contribution in [2.24, 2.45) is 0 Å². The van der Waals surface area contributed by atoms with Gasteiger partial charge in [-0.2, -0.15) is 0 Å². The Morgan fingerprint density at radius 2 is 1.96 bits per heavy atom. The fourth-order valence-electron chi connectivity index (χ4n) is 2.34. The molecule has 0 saturated carbocycles. The highest BCUT2D eigenvalue weighted by Gasteiger charge is 2.18. The van der Waals surface area contributed by atoms with E-state index in [-0.39, 0.29) is 10.6 Å². The van der Waals surface area contributed by atoms with Crippen molar-refractivity contribution in [3.8, 4) is 17.0 Å². The Kier molecular flexibility index (Phi) is 5.01. The second-order valence-corrected chi connectivity index (χ2v) is 6.81. The van der Waals surface area contributed by atoms with Crippen molar-refractivity contribution in [1.82, 2.24) is 4.98 Å². The van der Waals surface area contributed by atoms with E-state index in [0.717, 1.165) is 21.9 Å². The Bertz CT molecular complexity index is 905. The van der Waals surface area contributed by atoms with Gasteiger partial charge in [0, 0.05) is 10.4 Å². The van der Waals surface area contributed by atoms with Gasteiger partial charge in [-0.25, -0.2) is 9.37 Å². The molecule has 128 valence electrons. The lowest BCUT2D eigenvalue weighted by Gasteiger charge is -2.05. The summed E-state index contributed by atoms with van der Waals surface area (Å²) in [4.78, 5) is 17.7. The number of ether oxygens (including phenoxy) is 1. The van der Waals surface area contributed by atoms with Gasteiger partial charge in [0.2, 0.25) is 0 Å². The molecule has 0 aliphatic rings. The number of carbonyl (C=O) groups excluding carboxylic acids is 1. The van der Waals surface area contributed by atoms with Crippen LogP contribution in [0.2, 0.25) is 5.02 Å². The molecule has 0 radical (unpaired) electrons. The summed E-state index contributed by atoms with van der Waals surface area (Å²) >= 11 is 7.24. The third kappa shape index (κ3) is 3.65. The van der Waals surface area contributed by atoms with Crippen LogP contribution in [-0.4, -0.2) is 18.0 Å². The molecule has 7 heteroatoms. The minimum atomic E-state index is -0.673. The number of anilines is 1. The Labute approximate surface area is 153 Å². The molecule has 0 spiro atoms. The second kappa shape index (κ2) is 7.21. The van der Waals surface area contributed by atoms with Crippen LogP contribution in [-0.2, 0) is 0 Å². The lowest BCUT2D eigenvalue weighted by molar-refractivity contribution is 0.102. The van der Waals surface area contributed by atoms with Crippen molar-refractivity contribution in [2.75, 3.05) is 12.4 Å². The maximum absolute atomic E-state index is 13.9. The van der Waals surface area contributed by atoms with Crippen molar-refractivity contribution in [3.05, 3.63) is 63.7 Å². The average molecular weight is 377 g/mol. The van der Waals surface area contributed by atoms with Crippen LogP contribution in [0.4, 0.5) is 9.52 Å². The van der Waals surface area contributed by atoms with E-state index in [1.165, 1.54) is 29.5 Å². The smallest absolute Gasteiger partial charge is 0.261 e. The van der Waals surface area contributed by atoms with Crippen LogP contribution < -0.4 is 10.1 Å². The van der Waals surface area contributed by atoms with E-state index in [0.29, 0.717) is 5.13 Å². The topological polar surface area (TPSA) is 51.2 Å². The van der Waals surface area contributed by atoms with Crippen LogP contribution in [0.5, 0.6) is 5.75 Å². The monoisotopic (exact) mass is 376 g/mol. The van der Waals surface area contributed by atoms with E-state index in [2.05, 4.69) is 10.3 Å². The maximum atomic E-state index is 13.9. The SMILES string of the molecule is COc1ccc(-c2nc(NC(=O)c3c(F)cccc3Cl)sc2C)cc1. The molecule has 1 aromatic heterocycles. The molecule has 0 bridgehead atoms. The summed E-state index contributed by atoms with van der Waals surface area (Å²) < 4.78 is 19.0. The van der Waals surface area contributed by atoms with Gasteiger partial charge in [0.05, 0.1) is 23.4 Å². The van der Waals surface area contributed by atoms with Crippen LogP contribution in [0, 0.1) is 12.7 Å². The van der Waals surface area contributed by atoms with Gasteiger partial charge in [-0.3, -0.25) is 10.1 Å². The van der Waals surface area contributed by atoms with Crippen molar-refractivity contribution in [1.29, 1.82) is 0 Å². The molecule has 0 atom stereocenters. The Morgan fingerprint density at radius 3 is 2.60 bits per heavy atom. The zero-order valence-electron chi connectivity index (χ0n) is 13.5. The first-order chi connectivity index (χ1) is 12.0. The van der Waals surface area contributed by atoms with Crippen LogP contribution in [0.25, 0.3) is 11.3 Å². The van der Waals surface area contributed by atoms with Crippen molar-refractivity contribution in [2.45, 2.75) is 6.92 Å². The van der Waals surface area contributed by atoms with Gasteiger partial charge in [-0.1, -0.05) is 17.7 Å². The van der Waals surface area contributed by atoms with Crippen molar-refractivity contribution in [3.63, 3.8) is 0 Å². The molecule has 0 aliphatic heterocycles. The van der Waals surface area contributed by atoms with Gasteiger partial charge < -0.3 is 4.74 Å². The van der Waals surface area contributed by atoms with E-state index in [1.807, 2.05) is 31.2 Å². The van der Waals surface area contributed by atoms with Gasteiger partial charge in [0.1, 0.15) is 11.6 Å². The lowest BCUT2D eigenvalue weighted by Crippen LogP contribution is -2.14. The number of hydrogen-bond acceptors (Lipinski definition) is 4. The maximum Gasteiger partial charge on any atom is 0.261 e. The second-order valence-electron chi connectivity index (χ2n) is 5.20. The summed E-state index contributed by atoms with van der Waals surface area (Å²) in [6.45, 7) is 1.91. The van der Waals surface area contributed by atoms with Gasteiger partial charge in [-0.05, 0) is 43.3 Å². The summed E-state index contributed by atoms with van der Waals surface area (Å²) in [7, 11) is 1.60. The van der Waals surface area contributed by atoms with Crippen molar-refractivity contribution < 1.29 is 13.9 Å². The van der Waals surface area contributed by atoms with Gasteiger partial charge >= 0.3 is 0 Å². The summed E-state index contributed by atoms with van der Waals surface area (Å²) in [5.41, 5.74) is 1.46. The van der Waals surface area contributed by atoms with Crippen LogP contribution in [0.1, 0.15) is 15.2 Å². The molecule has 1 N–H and O–H groups in total. The van der Waals surface area contributed by atoms with E-state index in [4.69, 9.17) is 16.3 Å². The third-order valence-electron chi connectivity index (χ3n) is 3.57. The molecule has 4 nitrogen and oxygen atoms in total. The molecule has 0 aliphatic carbocycles. The fourth-order valence-corrected chi connectivity index (χ4v) is 3.42. The first-order valence-electron chi connectivity index (χ1n) is 7.37. The predicted octanol–water partition coefficient (Wildman–Crippen LogP) is 5.17. The van der Waals surface area contributed by atoms with E-state index < -0.39 is 11.7 Å². The molecule has 0 saturated heterocycles. The predicted molar refractivity (Wildman–Crippen MR) is 98.2 cm³/mol. The number of benzene rings is 2. The lowest BCUT2D eigenvalue weighted by atomic mass is 10.1. The molecule has 0 unspecified atom stereocenters. The Hall–Kier alpha value is -2.44. The number of nitrogens with zero attached hydrogens (tertiary/aromatic N) is 1. The first kappa shape index (κ1) is 17.4. The first-order valence-corrected chi connectivity index (χ1v) is 8.56. The normalized spacial score (nSPS) is 10.6. The van der Waals surface area contributed by atoms with Crippen molar-refractivity contribution >= 4 is 34.0 Å². The number of aryl methyl sites for hydroxylation is 1.